The number of methoxy groups -OCH3 is 2. The van der Waals surface area contributed by atoms with Gasteiger partial charge < -0.3 is 14.2 Å². The summed E-state index contributed by atoms with van der Waals surface area (Å²) in [4.78, 5) is 24.6. The second kappa shape index (κ2) is 7.38. The molecule has 0 aliphatic carbocycles. The highest BCUT2D eigenvalue weighted by Crippen LogP contribution is 2.26. The maximum absolute atomic E-state index is 12.3. The molecule has 5 heteroatoms. The molecule has 25 heavy (non-hydrogen) atoms. The molecule has 0 amide bonds. The number of ether oxygens (including phenoxy) is 3. The van der Waals surface area contributed by atoms with Crippen molar-refractivity contribution in [2.75, 3.05) is 14.2 Å². The number of benzene rings is 2. The van der Waals surface area contributed by atoms with E-state index in [1.807, 2.05) is 27.7 Å². The fourth-order valence-electron chi connectivity index (χ4n) is 2.98. The summed E-state index contributed by atoms with van der Waals surface area (Å²) in [5.41, 5.74) is 3.84. The number of rotatable bonds is 4. The van der Waals surface area contributed by atoms with Crippen LogP contribution in [0.25, 0.3) is 0 Å². The van der Waals surface area contributed by atoms with Gasteiger partial charge in [0, 0.05) is 0 Å². The molecular weight excluding hydrogens is 320 g/mol. The third-order valence-corrected chi connectivity index (χ3v) is 3.99. The summed E-state index contributed by atoms with van der Waals surface area (Å²) in [5.74, 6) is 0.0449. The first-order valence-electron chi connectivity index (χ1n) is 7.85. The van der Waals surface area contributed by atoms with Gasteiger partial charge in [-0.25, -0.2) is 9.59 Å². The molecule has 0 saturated carbocycles. The number of hydrogen-bond acceptors (Lipinski definition) is 5. The van der Waals surface area contributed by atoms with E-state index < -0.39 is 11.9 Å². The van der Waals surface area contributed by atoms with Gasteiger partial charge >= 0.3 is 11.9 Å². The normalized spacial score (nSPS) is 10.3. The Kier molecular flexibility index (Phi) is 5.47. The van der Waals surface area contributed by atoms with E-state index >= 15 is 0 Å². The number of esters is 2. The summed E-state index contributed by atoms with van der Waals surface area (Å²) >= 11 is 0. The van der Waals surface area contributed by atoms with Crippen LogP contribution < -0.4 is 9.47 Å². The van der Waals surface area contributed by atoms with Crippen molar-refractivity contribution in [2.45, 2.75) is 27.7 Å². The number of carbonyl (C=O) groups excluding carboxylic acids is 2. The molecule has 0 radical (unpaired) electrons. The van der Waals surface area contributed by atoms with Gasteiger partial charge in [-0.3, -0.25) is 0 Å². The fraction of sp³-hybridized carbons (Fsp3) is 0.300. The lowest BCUT2D eigenvalue weighted by Crippen LogP contribution is -2.14. The maximum atomic E-state index is 12.3. The molecule has 2 aromatic rings. The van der Waals surface area contributed by atoms with Crippen molar-refractivity contribution in [1.82, 2.24) is 0 Å². The standard InChI is InChI=1S/C20H22O5/c1-11-7-15(8-12(2)17(11)23-5)19(21)25-20(22)16-9-13(3)18(24-6)14(4)10-16/h7-10H,1-6H3. The minimum Gasteiger partial charge on any atom is -0.496 e. The molecule has 2 aromatic carbocycles. The van der Waals surface area contributed by atoms with Crippen LogP contribution >= 0.6 is 0 Å². The molecule has 0 aliphatic heterocycles. The average molecular weight is 342 g/mol. The smallest absolute Gasteiger partial charge is 0.346 e. The third kappa shape index (κ3) is 3.82. The highest BCUT2D eigenvalue weighted by molar-refractivity contribution is 6.03. The first-order valence-corrected chi connectivity index (χ1v) is 7.85. The molecular formula is C20H22O5. The zero-order chi connectivity index (χ0) is 18.7. The quantitative estimate of drug-likeness (QED) is 0.622. The van der Waals surface area contributed by atoms with E-state index in [9.17, 15) is 9.59 Å². The Hall–Kier alpha value is -2.82. The zero-order valence-corrected chi connectivity index (χ0v) is 15.4. The molecule has 0 heterocycles. The lowest BCUT2D eigenvalue weighted by Gasteiger charge is -2.12. The number of aryl methyl sites for hydroxylation is 4. The molecule has 0 aromatic heterocycles. The largest absolute Gasteiger partial charge is 0.496 e. The fourth-order valence-corrected chi connectivity index (χ4v) is 2.98. The Balaban J connectivity index is 2.25. The topological polar surface area (TPSA) is 61.8 Å². The second-order valence-electron chi connectivity index (χ2n) is 5.96. The molecule has 0 unspecified atom stereocenters. The molecule has 132 valence electrons. The van der Waals surface area contributed by atoms with Crippen molar-refractivity contribution in [3.8, 4) is 11.5 Å². The Bertz CT molecular complexity index is 720. The number of hydrogen-bond donors (Lipinski definition) is 0. The predicted octanol–water partition coefficient (Wildman–Crippen LogP) is 3.93. The van der Waals surface area contributed by atoms with Crippen molar-refractivity contribution in [1.29, 1.82) is 0 Å². The van der Waals surface area contributed by atoms with E-state index in [1.54, 1.807) is 38.5 Å². The van der Waals surface area contributed by atoms with Crippen LogP contribution in [0.3, 0.4) is 0 Å². The van der Waals surface area contributed by atoms with Gasteiger partial charge in [-0.2, -0.15) is 0 Å². The van der Waals surface area contributed by atoms with Gasteiger partial charge in [0.1, 0.15) is 11.5 Å². The second-order valence-corrected chi connectivity index (χ2v) is 5.96. The average Bonchev–Trinajstić information content (AvgIpc) is 2.54. The summed E-state index contributed by atoms with van der Waals surface area (Å²) in [5, 5.41) is 0. The van der Waals surface area contributed by atoms with Crippen LogP contribution in [0.2, 0.25) is 0 Å². The summed E-state index contributed by atoms with van der Waals surface area (Å²) < 4.78 is 15.6. The molecule has 0 bridgehead atoms. The summed E-state index contributed by atoms with van der Waals surface area (Å²) in [6.45, 7) is 7.34. The van der Waals surface area contributed by atoms with Crippen LogP contribution in [0.1, 0.15) is 43.0 Å². The van der Waals surface area contributed by atoms with Gasteiger partial charge in [0.15, 0.2) is 0 Å². The molecule has 5 nitrogen and oxygen atoms in total. The predicted molar refractivity (Wildman–Crippen MR) is 94.7 cm³/mol. The monoisotopic (exact) mass is 342 g/mol. The Labute approximate surface area is 147 Å². The van der Waals surface area contributed by atoms with Crippen LogP contribution in [-0.2, 0) is 4.74 Å². The summed E-state index contributed by atoms with van der Waals surface area (Å²) in [7, 11) is 3.15. The van der Waals surface area contributed by atoms with Gasteiger partial charge in [-0.15, -0.1) is 0 Å². The lowest BCUT2D eigenvalue weighted by molar-refractivity contribution is 0.0397. The Morgan fingerprint density at radius 3 is 1.16 bits per heavy atom. The maximum Gasteiger partial charge on any atom is 0.346 e. The van der Waals surface area contributed by atoms with Crippen LogP contribution in [0.5, 0.6) is 11.5 Å². The van der Waals surface area contributed by atoms with Crippen LogP contribution in [-0.4, -0.2) is 26.2 Å². The Morgan fingerprint density at radius 1 is 0.640 bits per heavy atom. The molecule has 0 aliphatic rings. The van der Waals surface area contributed by atoms with Crippen LogP contribution in [0.15, 0.2) is 24.3 Å². The molecule has 2 rings (SSSR count). The summed E-state index contributed by atoms with van der Waals surface area (Å²) in [6, 6.07) is 6.58. The Morgan fingerprint density at radius 2 is 0.920 bits per heavy atom. The van der Waals surface area contributed by atoms with E-state index in [4.69, 9.17) is 14.2 Å². The van der Waals surface area contributed by atoms with Crippen molar-refractivity contribution >= 4 is 11.9 Å². The van der Waals surface area contributed by atoms with Crippen LogP contribution in [0, 0.1) is 27.7 Å². The van der Waals surface area contributed by atoms with Crippen molar-refractivity contribution < 1.29 is 23.8 Å². The van der Waals surface area contributed by atoms with Gasteiger partial charge in [0.2, 0.25) is 0 Å². The van der Waals surface area contributed by atoms with Crippen molar-refractivity contribution in [2.24, 2.45) is 0 Å². The third-order valence-electron chi connectivity index (χ3n) is 3.99. The first kappa shape index (κ1) is 18.5. The van der Waals surface area contributed by atoms with Gasteiger partial charge in [-0.05, 0) is 74.2 Å². The van der Waals surface area contributed by atoms with Crippen molar-refractivity contribution in [3.63, 3.8) is 0 Å². The minimum absolute atomic E-state index is 0.311. The zero-order valence-electron chi connectivity index (χ0n) is 15.4. The van der Waals surface area contributed by atoms with E-state index in [0.717, 1.165) is 22.3 Å². The van der Waals surface area contributed by atoms with Crippen LogP contribution in [0.4, 0.5) is 0 Å². The van der Waals surface area contributed by atoms with Gasteiger partial charge in [0.25, 0.3) is 0 Å². The van der Waals surface area contributed by atoms with E-state index in [-0.39, 0.29) is 0 Å². The summed E-state index contributed by atoms with van der Waals surface area (Å²) in [6.07, 6.45) is 0. The van der Waals surface area contributed by atoms with E-state index in [2.05, 4.69) is 0 Å². The highest BCUT2D eigenvalue weighted by atomic mass is 16.6. The van der Waals surface area contributed by atoms with Gasteiger partial charge in [0.05, 0.1) is 25.3 Å². The van der Waals surface area contributed by atoms with E-state index in [0.29, 0.717) is 22.6 Å². The van der Waals surface area contributed by atoms with Crippen molar-refractivity contribution in [3.05, 3.63) is 57.6 Å². The molecule has 0 N–H and O–H groups in total. The lowest BCUT2D eigenvalue weighted by atomic mass is 10.1. The SMILES string of the molecule is COc1c(C)cc(C(=O)OC(=O)c2cc(C)c(OC)c(C)c2)cc1C. The number of carbonyl (C=O) groups is 2. The first-order chi connectivity index (χ1) is 11.8. The van der Waals surface area contributed by atoms with Gasteiger partial charge in [-0.1, -0.05) is 0 Å². The van der Waals surface area contributed by atoms with E-state index in [1.165, 1.54) is 0 Å². The molecule has 0 spiro atoms. The molecule has 0 saturated heterocycles. The minimum atomic E-state index is -0.690. The molecule has 0 atom stereocenters. The highest BCUT2D eigenvalue weighted by Gasteiger charge is 2.19. The molecule has 0 fully saturated rings.